The largest absolute Gasteiger partial charge is 0.493 e. The van der Waals surface area contributed by atoms with Crippen LogP contribution in [0.15, 0.2) is 47.3 Å². The summed E-state index contributed by atoms with van der Waals surface area (Å²) >= 11 is 0. The number of nitrogens with one attached hydrogen (secondary N) is 1. The third-order valence-electron chi connectivity index (χ3n) is 3.81. The molecule has 2 aromatic carbocycles. The van der Waals surface area contributed by atoms with Crippen molar-refractivity contribution in [1.29, 1.82) is 0 Å². The van der Waals surface area contributed by atoms with Gasteiger partial charge in [0.15, 0.2) is 16.9 Å². The first-order valence-electron chi connectivity index (χ1n) is 6.99. The Balaban J connectivity index is 2.34. The molecule has 0 spiro atoms. The maximum Gasteiger partial charge on any atom is 0.193 e. The first-order valence-corrected chi connectivity index (χ1v) is 6.99. The molecule has 4 heteroatoms. The number of H-pyrrole nitrogens is 1. The number of hydrogen-bond donors (Lipinski definition) is 1. The van der Waals surface area contributed by atoms with Gasteiger partial charge in [-0.3, -0.25) is 4.79 Å². The van der Waals surface area contributed by atoms with Gasteiger partial charge in [0.25, 0.3) is 0 Å². The van der Waals surface area contributed by atoms with Crippen LogP contribution < -0.4 is 14.9 Å². The van der Waals surface area contributed by atoms with E-state index in [0.717, 1.165) is 16.8 Å². The molecule has 0 atom stereocenters. The summed E-state index contributed by atoms with van der Waals surface area (Å²) in [7, 11) is 3.14. The SMILES string of the molecule is COc1cc2[nH]c(-c3ccccc3)c(C)c(=O)c2cc1OC. The van der Waals surface area contributed by atoms with Crippen molar-refractivity contribution in [2.45, 2.75) is 6.92 Å². The van der Waals surface area contributed by atoms with E-state index in [1.54, 1.807) is 26.4 Å². The highest BCUT2D eigenvalue weighted by Gasteiger charge is 2.13. The molecule has 1 N–H and O–H groups in total. The standard InChI is InChI=1S/C18H17NO3/c1-11-17(12-7-5-4-6-8-12)19-14-10-16(22-3)15(21-2)9-13(14)18(11)20/h4-10H,1-3H3,(H,19,20). The van der Waals surface area contributed by atoms with Gasteiger partial charge in [-0.25, -0.2) is 0 Å². The summed E-state index contributed by atoms with van der Waals surface area (Å²) in [5, 5.41) is 0.592. The van der Waals surface area contributed by atoms with E-state index in [1.165, 1.54) is 0 Å². The van der Waals surface area contributed by atoms with E-state index in [4.69, 9.17) is 9.47 Å². The van der Waals surface area contributed by atoms with Gasteiger partial charge >= 0.3 is 0 Å². The first kappa shape index (κ1) is 14.2. The van der Waals surface area contributed by atoms with E-state index in [9.17, 15) is 4.79 Å². The fraction of sp³-hybridized carbons (Fsp3) is 0.167. The van der Waals surface area contributed by atoms with Gasteiger partial charge in [0, 0.05) is 17.0 Å². The lowest BCUT2D eigenvalue weighted by Crippen LogP contribution is -2.10. The lowest BCUT2D eigenvalue weighted by atomic mass is 10.0. The van der Waals surface area contributed by atoms with E-state index in [1.807, 2.05) is 37.3 Å². The Hall–Kier alpha value is -2.75. The molecule has 0 unspecified atom stereocenters. The summed E-state index contributed by atoms with van der Waals surface area (Å²) in [6, 6.07) is 13.3. The first-order chi connectivity index (χ1) is 10.7. The van der Waals surface area contributed by atoms with Crippen molar-refractivity contribution in [2.24, 2.45) is 0 Å². The fourth-order valence-corrected chi connectivity index (χ4v) is 2.61. The van der Waals surface area contributed by atoms with E-state index in [2.05, 4.69) is 4.98 Å². The molecular weight excluding hydrogens is 278 g/mol. The van der Waals surface area contributed by atoms with Gasteiger partial charge in [0.2, 0.25) is 0 Å². The smallest absolute Gasteiger partial charge is 0.193 e. The maximum absolute atomic E-state index is 12.7. The summed E-state index contributed by atoms with van der Waals surface area (Å²) in [5.74, 6) is 1.14. The van der Waals surface area contributed by atoms with Gasteiger partial charge in [0.1, 0.15) is 0 Å². The molecule has 4 nitrogen and oxygen atoms in total. The van der Waals surface area contributed by atoms with E-state index in [0.29, 0.717) is 22.4 Å². The molecule has 3 aromatic rings. The molecule has 0 aliphatic heterocycles. The maximum atomic E-state index is 12.7. The molecule has 22 heavy (non-hydrogen) atoms. The lowest BCUT2D eigenvalue weighted by molar-refractivity contribution is 0.356. The van der Waals surface area contributed by atoms with E-state index >= 15 is 0 Å². The second-order valence-electron chi connectivity index (χ2n) is 5.07. The number of ether oxygens (including phenoxy) is 2. The average Bonchev–Trinajstić information content (AvgIpc) is 2.57. The van der Waals surface area contributed by atoms with Crippen LogP contribution in [0.2, 0.25) is 0 Å². The summed E-state index contributed by atoms with van der Waals surface area (Å²) in [5.41, 5.74) is 3.21. The summed E-state index contributed by atoms with van der Waals surface area (Å²) < 4.78 is 10.6. The Kier molecular flexibility index (Phi) is 3.59. The number of fused-ring (bicyclic) bond motifs is 1. The lowest BCUT2D eigenvalue weighted by Gasteiger charge is -2.12. The molecule has 3 rings (SSSR count). The molecule has 1 heterocycles. The Morgan fingerprint density at radius 3 is 2.23 bits per heavy atom. The zero-order chi connectivity index (χ0) is 15.7. The molecule has 0 aliphatic carbocycles. The summed E-state index contributed by atoms with van der Waals surface area (Å²) in [6.07, 6.45) is 0. The number of hydrogen-bond acceptors (Lipinski definition) is 3. The zero-order valence-corrected chi connectivity index (χ0v) is 12.8. The molecule has 0 saturated carbocycles. The van der Waals surface area contributed by atoms with Gasteiger partial charge in [0.05, 0.1) is 25.4 Å². The third-order valence-corrected chi connectivity index (χ3v) is 3.81. The van der Waals surface area contributed by atoms with Gasteiger partial charge in [-0.1, -0.05) is 30.3 Å². The van der Waals surface area contributed by atoms with Gasteiger partial charge in [-0.05, 0) is 18.6 Å². The Morgan fingerprint density at radius 2 is 1.59 bits per heavy atom. The minimum Gasteiger partial charge on any atom is -0.493 e. The quantitative estimate of drug-likeness (QED) is 0.804. The predicted molar refractivity (Wildman–Crippen MR) is 87.8 cm³/mol. The highest BCUT2D eigenvalue weighted by Crippen LogP contribution is 2.31. The van der Waals surface area contributed by atoms with Gasteiger partial charge in [-0.15, -0.1) is 0 Å². The molecular formula is C18H17NO3. The number of pyridine rings is 1. The van der Waals surface area contributed by atoms with Crippen LogP contribution in [-0.4, -0.2) is 19.2 Å². The summed E-state index contributed by atoms with van der Waals surface area (Å²) in [4.78, 5) is 16.0. The minimum atomic E-state index is -0.00597. The van der Waals surface area contributed by atoms with Crippen molar-refractivity contribution in [3.8, 4) is 22.8 Å². The average molecular weight is 295 g/mol. The Bertz CT molecular complexity index is 882. The van der Waals surface area contributed by atoms with Gasteiger partial charge in [-0.2, -0.15) is 0 Å². The molecule has 112 valence electrons. The van der Waals surface area contributed by atoms with Gasteiger partial charge < -0.3 is 14.5 Å². The van der Waals surface area contributed by atoms with Crippen LogP contribution in [-0.2, 0) is 0 Å². The predicted octanol–water partition coefficient (Wildman–Crippen LogP) is 3.52. The Morgan fingerprint density at radius 1 is 0.955 bits per heavy atom. The molecule has 1 aromatic heterocycles. The van der Waals surface area contributed by atoms with Crippen molar-refractivity contribution < 1.29 is 9.47 Å². The number of rotatable bonds is 3. The Labute approximate surface area is 128 Å². The van der Waals surface area contributed by atoms with Crippen molar-refractivity contribution in [3.05, 3.63) is 58.3 Å². The van der Waals surface area contributed by atoms with E-state index < -0.39 is 0 Å². The van der Waals surface area contributed by atoms with Crippen LogP contribution in [0.4, 0.5) is 0 Å². The van der Waals surface area contributed by atoms with E-state index in [-0.39, 0.29) is 5.43 Å². The number of methoxy groups -OCH3 is 2. The van der Waals surface area contributed by atoms with Crippen LogP contribution in [0.25, 0.3) is 22.2 Å². The molecule has 0 aliphatic rings. The van der Waals surface area contributed by atoms with Crippen LogP contribution in [0.1, 0.15) is 5.56 Å². The fourth-order valence-electron chi connectivity index (χ4n) is 2.61. The molecule has 0 saturated heterocycles. The molecule has 0 radical (unpaired) electrons. The molecule has 0 fully saturated rings. The van der Waals surface area contributed by atoms with Crippen LogP contribution in [0.5, 0.6) is 11.5 Å². The minimum absolute atomic E-state index is 0.00597. The second kappa shape index (κ2) is 5.56. The van der Waals surface area contributed by atoms with Crippen LogP contribution in [0, 0.1) is 6.92 Å². The number of benzene rings is 2. The summed E-state index contributed by atoms with van der Waals surface area (Å²) in [6.45, 7) is 1.83. The topological polar surface area (TPSA) is 51.3 Å². The zero-order valence-electron chi connectivity index (χ0n) is 12.8. The normalized spacial score (nSPS) is 10.7. The van der Waals surface area contributed by atoms with Crippen LogP contribution in [0.3, 0.4) is 0 Å². The number of aromatic nitrogens is 1. The highest BCUT2D eigenvalue weighted by atomic mass is 16.5. The third kappa shape index (κ3) is 2.22. The van der Waals surface area contributed by atoms with Crippen molar-refractivity contribution >= 4 is 10.9 Å². The van der Waals surface area contributed by atoms with Crippen LogP contribution >= 0.6 is 0 Å². The van der Waals surface area contributed by atoms with Crippen molar-refractivity contribution in [2.75, 3.05) is 14.2 Å². The monoisotopic (exact) mass is 295 g/mol. The molecule has 0 bridgehead atoms. The van der Waals surface area contributed by atoms with Crippen molar-refractivity contribution in [1.82, 2.24) is 4.98 Å². The van der Waals surface area contributed by atoms with Crippen molar-refractivity contribution in [3.63, 3.8) is 0 Å². The highest BCUT2D eigenvalue weighted by molar-refractivity contribution is 5.86. The number of aromatic amines is 1. The second-order valence-corrected chi connectivity index (χ2v) is 5.07. The molecule has 0 amide bonds.